The number of carbonyl (C=O) groups excluding carboxylic acids is 3. The lowest BCUT2D eigenvalue weighted by atomic mass is 10.0. The van der Waals surface area contributed by atoms with Crippen LogP contribution in [0.4, 0.5) is 9.59 Å². The average Bonchev–Trinajstić information content (AvgIpc) is 3.52. The molecule has 0 saturated heterocycles. The van der Waals surface area contributed by atoms with Gasteiger partial charge in [0.2, 0.25) is 12.7 Å². The third-order valence-corrected chi connectivity index (χ3v) is 6.91. The molecule has 1 aliphatic rings. The van der Waals surface area contributed by atoms with E-state index in [1.165, 1.54) is 0 Å². The number of hydrogen-bond donors (Lipinski definition) is 5. The molecular weight excluding hydrogens is 582 g/mol. The van der Waals surface area contributed by atoms with Crippen LogP contribution in [0.25, 0.3) is 0 Å². The van der Waals surface area contributed by atoms with Gasteiger partial charge in [-0.1, -0.05) is 42.5 Å². The lowest BCUT2D eigenvalue weighted by Gasteiger charge is -2.22. The number of carboxylic acid groups (broad SMARTS) is 1. The van der Waals surface area contributed by atoms with Crippen molar-refractivity contribution in [1.29, 1.82) is 0 Å². The highest BCUT2D eigenvalue weighted by atomic mass is 16.7. The van der Waals surface area contributed by atoms with E-state index < -0.39 is 36.1 Å². The van der Waals surface area contributed by atoms with Crippen LogP contribution in [0.15, 0.2) is 72.9 Å². The first-order valence-electron chi connectivity index (χ1n) is 14.7. The number of carboxylic acids is 1. The highest BCUT2D eigenvalue weighted by Gasteiger charge is 2.25. The Morgan fingerprint density at radius 2 is 1.69 bits per heavy atom. The molecule has 0 bridgehead atoms. The van der Waals surface area contributed by atoms with Crippen molar-refractivity contribution in [3.05, 3.63) is 89.7 Å². The van der Waals surface area contributed by atoms with Crippen molar-refractivity contribution in [2.75, 3.05) is 19.9 Å². The SMILES string of the molecule is O=C(O)C[C@H](NC(=O)N[C@@H](CCCCNC(=O)OCc1ccccc1)C(=O)NCCc1ccccn1)c1ccc2c(c1)OCO2. The number of carbonyl (C=O) groups is 4. The van der Waals surface area contributed by atoms with Crippen LogP contribution in [0.3, 0.4) is 0 Å². The molecule has 4 amide bonds. The van der Waals surface area contributed by atoms with Gasteiger partial charge in [0.15, 0.2) is 11.5 Å². The number of aromatic nitrogens is 1. The van der Waals surface area contributed by atoms with Gasteiger partial charge in [-0.15, -0.1) is 0 Å². The fourth-order valence-electron chi connectivity index (χ4n) is 4.60. The second kappa shape index (κ2) is 17.1. The van der Waals surface area contributed by atoms with Gasteiger partial charge >= 0.3 is 18.1 Å². The highest BCUT2D eigenvalue weighted by Crippen LogP contribution is 2.34. The Morgan fingerprint density at radius 3 is 2.47 bits per heavy atom. The van der Waals surface area contributed by atoms with Crippen molar-refractivity contribution in [3.8, 4) is 11.5 Å². The lowest BCUT2D eigenvalue weighted by molar-refractivity contribution is -0.137. The first-order chi connectivity index (χ1) is 21.9. The quantitative estimate of drug-likeness (QED) is 0.150. The van der Waals surface area contributed by atoms with Gasteiger partial charge < -0.3 is 40.6 Å². The number of aliphatic carboxylic acids is 1. The molecule has 13 nitrogen and oxygen atoms in total. The number of fused-ring (bicyclic) bond motifs is 1. The monoisotopic (exact) mass is 619 g/mol. The van der Waals surface area contributed by atoms with Crippen LogP contribution in [0.1, 0.15) is 48.5 Å². The molecule has 4 rings (SSSR count). The zero-order valence-corrected chi connectivity index (χ0v) is 24.7. The molecule has 0 saturated carbocycles. The molecule has 0 unspecified atom stereocenters. The number of nitrogens with one attached hydrogen (secondary N) is 4. The molecule has 13 heteroatoms. The number of amides is 4. The van der Waals surface area contributed by atoms with E-state index in [4.69, 9.17) is 14.2 Å². The van der Waals surface area contributed by atoms with E-state index >= 15 is 0 Å². The van der Waals surface area contributed by atoms with Gasteiger partial charge in [0.05, 0.1) is 12.5 Å². The Bertz CT molecular complexity index is 1420. The van der Waals surface area contributed by atoms with Crippen molar-refractivity contribution >= 4 is 24.0 Å². The third-order valence-electron chi connectivity index (χ3n) is 6.91. The minimum absolute atomic E-state index is 0.0534. The highest BCUT2D eigenvalue weighted by molar-refractivity contribution is 5.87. The average molecular weight is 620 g/mol. The molecule has 238 valence electrons. The standard InChI is InChI=1S/C32H37N5O8/c38-29(39)19-26(23-12-13-27-28(18-23)45-21-44-27)37-31(41)36-25(30(40)34-17-14-24-10-4-6-15-33-24)11-5-7-16-35-32(42)43-20-22-8-2-1-3-9-22/h1-4,6,8-10,12-13,15,18,25-26H,5,7,11,14,16-17,19-21H2,(H,34,40)(H,35,42)(H,38,39)(H2,36,37,41)/t25-,26-/m0/s1. The molecule has 1 aromatic heterocycles. The normalized spacial score (nSPS) is 12.8. The van der Waals surface area contributed by atoms with Crippen molar-refractivity contribution in [2.45, 2.75) is 50.8 Å². The van der Waals surface area contributed by atoms with E-state index in [-0.39, 0.29) is 26.2 Å². The smallest absolute Gasteiger partial charge is 0.407 e. The van der Waals surface area contributed by atoms with Gasteiger partial charge in [-0.25, -0.2) is 9.59 Å². The zero-order chi connectivity index (χ0) is 31.9. The van der Waals surface area contributed by atoms with Crippen LogP contribution in [0.5, 0.6) is 11.5 Å². The molecule has 5 N–H and O–H groups in total. The van der Waals surface area contributed by atoms with E-state index in [2.05, 4.69) is 26.3 Å². The summed E-state index contributed by atoms with van der Waals surface area (Å²) in [5.41, 5.74) is 2.20. The molecule has 2 atom stereocenters. The molecule has 2 heterocycles. The Kier molecular flexibility index (Phi) is 12.4. The van der Waals surface area contributed by atoms with E-state index in [0.717, 1.165) is 11.3 Å². The Balaban J connectivity index is 1.30. The summed E-state index contributed by atoms with van der Waals surface area (Å²) in [5, 5.41) is 20.4. The molecule has 0 aliphatic carbocycles. The second-order valence-electron chi connectivity index (χ2n) is 10.3. The first kappa shape index (κ1) is 32.6. The predicted molar refractivity (Wildman–Crippen MR) is 162 cm³/mol. The Labute approximate surface area is 260 Å². The van der Waals surface area contributed by atoms with Crippen LogP contribution in [0, 0.1) is 0 Å². The maximum absolute atomic E-state index is 13.1. The minimum atomic E-state index is -1.11. The summed E-state index contributed by atoms with van der Waals surface area (Å²) in [6, 6.07) is 17.2. The number of hydrogen-bond acceptors (Lipinski definition) is 8. The molecule has 45 heavy (non-hydrogen) atoms. The zero-order valence-electron chi connectivity index (χ0n) is 24.7. The maximum Gasteiger partial charge on any atom is 0.407 e. The summed E-state index contributed by atoms with van der Waals surface area (Å²) in [6.07, 6.45) is 2.54. The topological polar surface area (TPSA) is 177 Å². The van der Waals surface area contributed by atoms with E-state index in [1.54, 1.807) is 30.5 Å². The number of pyridine rings is 1. The van der Waals surface area contributed by atoms with Gasteiger partial charge in [-0.05, 0) is 54.7 Å². The number of rotatable bonds is 16. The van der Waals surface area contributed by atoms with Crippen molar-refractivity contribution < 1.29 is 38.5 Å². The van der Waals surface area contributed by atoms with Crippen LogP contribution in [-0.2, 0) is 27.4 Å². The van der Waals surface area contributed by atoms with Gasteiger partial charge in [0.1, 0.15) is 12.6 Å². The fourth-order valence-corrected chi connectivity index (χ4v) is 4.60. The molecule has 3 aromatic rings. The number of ether oxygens (including phenoxy) is 3. The predicted octanol–water partition coefficient (Wildman–Crippen LogP) is 3.45. The van der Waals surface area contributed by atoms with Gasteiger partial charge in [0, 0.05) is 31.4 Å². The number of benzene rings is 2. The third kappa shape index (κ3) is 11.0. The van der Waals surface area contributed by atoms with E-state index in [1.807, 2.05) is 42.5 Å². The van der Waals surface area contributed by atoms with E-state index in [9.17, 15) is 24.3 Å². The Hall–Kier alpha value is -5.33. The molecule has 0 fully saturated rings. The van der Waals surface area contributed by atoms with Crippen LogP contribution in [-0.4, -0.2) is 60.0 Å². The van der Waals surface area contributed by atoms with Gasteiger partial charge in [-0.3, -0.25) is 14.6 Å². The van der Waals surface area contributed by atoms with Gasteiger partial charge in [0.25, 0.3) is 0 Å². The largest absolute Gasteiger partial charge is 0.481 e. The molecule has 2 aromatic carbocycles. The summed E-state index contributed by atoms with van der Waals surface area (Å²) >= 11 is 0. The Morgan fingerprint density at radius 1 is 0.889 bits per heavy atom. The molecule has 1 aliphatic heterocycles. The van der Waals surface area contributed by atoms with Gasteiger partial charge in [-0.2, -0.15) is 0 Å². The van der Waals surface area contributed by atoms with E-state index in [0.29, 0.717) is 49.4 Å². The summed E-state index contributed by atoms with van der Waals surface area (Å²) in [5.74, 6) is -0.530. The van der Waals surface area contributed by atoms with Crippen molar-refractivity contribution in [1.82, 2.24) is 26.3 Å². The van der Waals surface area contributed by atoms with Crippen molar-refractivity contribution in [2.24, 2.45) is 0 Å². The van der Waals surface area contributed by atoms with Crippen LogP contribution in [0.2, 0.25) is 0 Å². The molecule has 0 spiro atoms. The summed E-state index contributed by atoms with van der Waals surface area (Å²) in [4.78, 5) is 54.1. The fraction of sp³-hybridized carbons (Fsp3) is 0.344. The number of unbranched alkanes of at least 4 members (excludes halogenated alkanes) is 1. The van der Waals surface area contributed by atoms with Crippen molar-refractivity contribution in [3.63, 3.8) is 0 Å². The summed E-state index contributed by atoms with van der Waals surface area (Å²) in [7, 11) is 0. The molecule has 0 radical (unpaired) electrons. The maximum atomic E-state index is 13.1. The number of alkyl carbamates (subject to hydrolysis) is 1. The number of nitrogens with zero attached hydrogens (tertiary/aromatic N) is 1. The first-order valence-corrected chi connectivity index (χ1v) is 14.7. The number of urea groups is 1. The van der Waals surface area contributed by atoms with Crippen LogP contribution >= 0.6 is 0 Å². The van der Waals surface area contributed by atoms with Crippen LogP contribution < -0.4 is 30.7 Å². The summed E-state index contributed by atoms with van der Waals surface area (Å²) in [6.45, 7) is 0.835. The second-order valence-corrected chi connectivity index (χ2v) is 10.3. The lowest BCUT2D eigenvalue weighted by Crippen LogP contribution is -2.51. The summed E-state index contributed by atoms with van der Waals surface area (Å²) < 4.78 is 15.9. The molecular formula is C32H37N5O8. The minimum Gasteiger partial charge on any atom is -0.481 e.